The molecule has 1 fully saturated rings. The Hall–Kier alpha value is -1.13. The van der Waals surface area contributed by atoms with Crippen molar-refractivity contribution < 1.29 is 9.84 Å². The fourth-order valence-electron chi connectivity index (χ4n) is 2.08. The number of aliphatic hydroxyl groups excluding tert-OH is 1. The summed E-state index contributed by atoms with van der Waals surface area (Å²) in [6.45, 7) is 1.60. The third-order valence-corrected chi connectivity index (χ3v) is 3.41. The number of hydrogen-bond acceptors (Lipinski definition) is 4. The Balaban J connectivity index is 2.25. The van der Waals surface area contributed by atoms with Gasteiger partial charge in [0, 0.05) is 19.2 Å². The van der Waals surface area contributed by atoms with E-state index >= 15 is 0 Å². The standard InChI is InChI=1S/C12H17ClN2O2/c1-17-12-7-11(9(13)6-10(12)14)15-4-2-8(16)3-5-15/h6-8,16H,2-5,14H2,1H3. The number of ether oxygens (including phenoxy) is 1. The minimum Gasteiger partial charge on any atom is -0.495 e. The van der Waals surface area contributed by atoms with Crippen LogP contribution in [0.1, 0.15) is 12.8 Å². The van der Waals surface area contributed by atoms with Crippen LogP contribution < -0.4 is 15.4 Å². The Labute approximate surface area is 106 Å². The summed E-state index contributed by atoms with van der Waals surface area (Å²) in [6.07, 6.45) is 1.34. The summed E-state index contributed by atoms with van der Waals surface area (Å²) in [4.78, 5) is 2.15. The third-order valence-electron chi connectivity index (χ3n) is 3.10. The topological polar surface area (TPSA) is 58.7 Å². The maximum atomic E-state index is 9.48. The van der Waals surface area contributed by atoms with Gasteiger partial charge in [-0.25, -0.2) is 0 Å². The maximum absolute atomic E-state index is 9.48. The first kappa shape index (κ1) is 12.3. The van der Waals surface area contributed by atoms with Gasteiger partial charge in [-0.2, -0.15) is 0 Å². The van der Waals surface area contributed by atoms with Crippen molar-refractivity contribution in [1.82, 2.24) is 0 Å². The first-order valence-electron chi connectivity index (χ1n) is 5.68. The van der Waals surface area contributed by atoms with E-state index in [-0.39, 0.29) is 6.10 Å². The largest absolute Gasteiger partial charge is 0.495 e. The van der Waals surface area contributed by atoms with Crippen LogP contribution in [0.25, 0.3) is 0 Å². The number of nitrogen functional groups attached to an aromatic ring is 1. The van der Waals surface area contributed by atoms with E-state index in [1.54, 1.807) is 13.2 Å². The van der Waals surface area contributed by atoms with Gasteiger partial charge >= 0.3 is 0 Å². The molecule has 1 aliphatic heterocycles. The summed E-state index contributed by atoms with van der Waals surface area (Å²) in [5.41, 5.74) is 7.25. The normalized spacial score (nSPS) is 17.2. The van der Waals surface area contributed by atoms with Gasteiger partial charge in [-0.3, -0.25) is 0 Å². The number of piperidine rings is 1. The zero-order valence-corrected chi connectivity index (χ0v) is 10.6. The number of benzene rings is 1. The van der Waals surface area contributed by atoms with Crippen LogP contribution in [0.3, 0.4) is 0 Å². The first-order valence-corrected chi connectivity index (χ1v) is 6.05. The van der Waals surface area contributed by atoms with Gasteiger partial charge in [0.05, 0.1) is 29.6 Å². The van der Waals surface area contributed by atoms with Gasteiger partial charge in [0.25, 0.3) is 0 Å². The summed E-state index contributed by atoms with van der Waals surface area (Å²) >= 11 is 6.19. The molecule has 1 aromatic rings. The molecule has 0 amide bonds. The molecule has 1 heterocycles. The van der Waals surface area contributed by atoms with Crippen LogP contribution in [0.5, 0.6) is 5.75 Å². The predicted molar refractivity (Wildman–Crippen MR) is 69.9 cm³/mol. The van der Waals surface area contributed by atoms with Crippen LogP contribution in [0.15, 0.2) is 12.1 Å². The molecule has 1 saturated heterocycles. The second-order valence-corrected chi connectivity index (χ2v) is 4.67. The number of rotatable bonds is 2. The number of nitrogens with zero attached hydrogens (tertiary/aromatic N) is 1. The SMILES string of the molecule is COc1cc(N2CCC(O)CC2)c(Cl)cc1N. The first-order chi connectivity index (χ1) is 8.11. The molecule has 0 aromatic heterocycles. The zero-order chi connectivity index (χ0) is 12.4. The van der Waals surface area contributed by atoms with Gasteiger partial charge in [0.2, 0.25) is 0 Å². The number of aliphatic hydroxyl groups is 1. The third kappa shape index (κ3) is 2.58. The van der Waals surface area contributed by atoms with Crippen molar-refractivity contribution >= 4 is 23.0 Å². The van der Waals surface area contributed by atoms with Crippen LogP contribution in [0, 0.1) is 0 Å². The molecule has 94 valence electrons. The van der Waals surface area contributed by atoms with E-state index in [1.807, 2.05) is 6.07 Å². The molecule has 1 aromatic carbocycles. The summed E-state index contributed by atoms with van der Waals surface area (Å²) in [6, 6.07) is 3.57. The van der Waals surface area contributed by atoms with E-state index in [0.717, 1.165) is 31.6 Å². The van der Waals surface area contributed by atoms with Crippen LogP contribution in [-0.4, -0.2) is 31.4 Å². The highest BCUT2D eigenvalue weighted by molar-refractivity contribution is 6.33. The molecule has 4 nitrogen and oxygen atoms in total. The molecule has 0 atom stereocenters. The van der Waals surface area contributed by atoms with E-state index in [4.69, 9.17) is 22.1 Å². The summed E-state index contributed by atoms with van der Waals surface area (Å²) in [5.74, 6) is 0.635. The van der Waals surface area contributed by atoms with Gasteiger partial charge in [-0.15, -0.1) is 0 Å². The van der Waals surface area contributed by atoms with Crippen molar-refractivity contribution in [3.63, 3.8) is 0 Å². The van der Waals surface area contributed by atoms with Gasteiger partial charge in [0.1, 0.15) is 5.75 Å². The van der Waals surface area contributed by atoms with Crippen molar-refractivity contribution in [3.8, 4) is 5.75 Å². The average Bonchev–Trinajstić information content (AvgIpc) is 2.31. The van der Waals surface area contributed by atoms with Crippen molar-refractivity contribution in [3.05, 3.63) is 17.2 Å². The molecular weight excluding hydrogens is 240 g/mol. The fraction of sp³-hybridized carbons (Fsp3) is 0.500. The van der Waals surface area contributed by atoms with E-state index in [9.17, 15) is 5.11 Å². The molecule has 3 N–H and O–H groups in total. The number of hydrogen-bond donors (Lipinski definition) is 2. The lowest BCUT2D eigenvalue weighted by Gasteiger charge is -2.32. The second kappa shape index (κ2) is 5.02. The molecule has 2 rings (SSSR count). The van der Waals surface area contributed by atoms with Gasteiger partial charge < -0.3 is 20.5 Å². The van der Waals surface area contributed by atoms with Crippen molar-refractivity contribution in [2.45, 2.75) is 18.9 Å². The van der Waals surface area contributed by atoms with E-state index < -0.39 is 0 Å². The van der Waals surface area contributed by atoms with E-state index in [1.165, 1.54) is 0 Å². The van der Waals surface area contributed by atoms with Crippen molar-refractivity contribution in [1.29, 1.82) is 0 Å². The molecule has 0 radical (unpaired) electrons. The lowest BCUT2D eigenvalue weighted by molar-refractivity contribution is 0.145. The lowest BCUT2D eigenvalue weighted by Crippen LogP contribution is -2.35. The Kier molecular flexibility index (Phi) is 3.64. The van der Waals surface area contributed by atoms with Crippen LogP contribution in [0.2, 0.25) is 5.02 Å². The molecule has 0 bridgehead atoms. The predicted octanol–water partition coefficient (Wildman–Crippen LogP) is 1.89. The summed E-state index contributed by atoms with van der Waals surface area (Å²) in [7, 11) is 1.59. The molecule has 0 unspecified atom stereocenters. The van der Waals surface area contributed by atoms with Crippen LogP contribution >= 0.6 is 11.6 Å². The number of methoxy groups -OCH3 is 1. The van der Waals surface area contributed by atoms with E-state index in [2.05, 4.69) is 4.90 Å². The molecule has 0 spiro atoms. The number of anilines is 2. The lowest BCUT2D eigenvalue weighted by atomic mass is 10.1. The second-order valence-electron chi connectivity index (χ2n) is 4.26. The van der Waals surface area contributed by atoms with Crippen molar-refractivity contribution in [2.75, 3.05) is 30.8 Å². The average molecular weight is 257 g/mol. The van der Waals surface area contributed by atoms with Gasteiger partial charge in [0.15, 0.2) is 0 Å². The highest BCUT2D eigenvalue weighted by Gasteiger charge is 2.20. The Morgan fingerprint density at radius 3 is 2.65 bits per heavy atom. The zero-order valence-electron chi connectivity index (χ0n) is 9.82. The monoisotopic (exact) mass is 256 g/mol. The van der Waals surface area contributed by atoms with Crippen molar-refractivity contribution in [2.24, 2.45) is 0 Å². The smallest absolute Gasteiger partial charge is 0.143 e. The molecule has 0 saturated carbocycles. The Morgan fingerprint density at radius 2 is 2.06 bits per heavy atom. The highest BCUT2D eigenvalue weighted by atomic mass is 35.5. The van der Waals surface area contributed by atoms with E-state index in [0.29, 0.717) is 16.5 Å². The number of halogens is 1. The minimum atomic E-state index is -0.194. The minimum absolute atomic E-state index is 0.194. The van der Waals surface area contributed by atoms with Gasteiger partial charge in [-0.05, 0) is 18.9 Å². The van der Waals surface area contributed by atoms with Crippen LogP contribution in [-0.2, 0) is 0 Å². The highest BCUT2D eigenvalue weighted by Crippen LogP contribution is 2.36. The Bertz CT molecular complexity index is 404. The molecular formula is C12H17ClN2O2. The van der Waals surface area contributed by atoms with Gasteiger partial charge in [-0.1, -0.05) is 11.6 Å². The maximum Gasteiger partial charge on any atom is 0.143 e. The quantitative estimate of drug-likeness (QED) is 0.794. The molecule has 0 aliphatic carbocycles. The number of nitrogens with two attached hydrogens (primary N) is 1. The summed E-state index contributed by atoms with van der Waals surface area (Å²) < 4.78 is 5.19. The molecule has 5 heteroatoms. The Morgan fingerprint density at radius 1 is 1.41 bits per heavy atom. The summed E-state index contributed by atoms with van der Waals surface area (Å²) in [5, 5.41) is 10.1. The fourth-order valence-corrected chi connectivity index (χ4v) is 2.38. The van der Waals surface area contributed by atoms with Crippen LogP contribution in [0.4, 0.5) is 11.4 Å². The molecule has 17 heavy (non-hydrogen) atoms. The molecule has 1 aliphatic rings.